The lowest BCUT2D eigenvalue weighted by Crippen LogP contribution is -2.08. The van der Waals surface area contributed by atoms with Crippen LogP contribution in [0.5, 0.6) is 0 Å². The fourth-order valence-corrected chi connectivity index (χ4v) is 2.44. The molecule has 0 aliphatic carbocycles. The largest absolute Gasteiger partial charge is 0.299 e. The highest BCUT2D eigenvalue weighted by Gasteiger charge is 2.09. The molecular weight excluding hydrogens is 279 g/mol. The van der Waals surface area contributed by atoms with Gasteiger partial charge in [0.25, 0.3) is 0 Å². The zero-order chi connectivity index (χ0) is 13.8. The topological polar surface area (TPSA) is 17.1 Å². The molecule has 0 N–H and O–H groups in total. The number of carbonyl (C=O) groups excluding carboxylic acids is 1. The molecule has 3 heteroatoms. The Bertz CT molecular complexity index is 605. The highest BCUT2D eigenvalue weighted by Crippen LogP contribution is 2.22. The maximum absolute atomic E-state index is 12.1. The van der Waals surface area contributed by atoms with Gasteiger partial charge in [-0.3, -0.25) is 4.79 Å². The van der Waals surface area contributed by atoms with Crippen molar-refractivity contribution in [1.29, 1.82) is 0 Å². The molecule has 0 unspecified atom stereocenters. The Hall–Kier alpha value is -1.31. The van der Waals surface area contributed by atoms with E-state index >= 15 is 0 Å². The fraction of sp³-hybridized carbons (Fsp3) is 0.188. The molecule has 0 spiro atoms. The average molecular weight is 293 g/mol. The van der Waals surface area contributed by atoms with Crippen molar-refractivity contribution in [1.82, 2.24) is 0 Å². The van der Waals surface area contributed by atoms with Crippen LogP contribution in [0.15, 0.2) is 42.5 Å². The zero-order valence-corrected chi connectivity index (χ0v) is 12.1. The number of ketones is 1. The van der Waals surface area contributed by atoms with E-state index in [0.717, 1.165) is 16.7 Å². The molecule has 19 heavy (non-hydrogen) atoms. The predicted octanol–water partition coefficient (Wildman–Crippen LogP) is 4.66. The first-order chi connectivity index (χ1) is 9.06. The lowest BCUT2D eigenvalue weighted by atomic mass is 9.99. The van der Waals surface area contributed by atoms with E-state index < -0.39 is 0 Å². The summed E-state index contributed by atoms with van der Waals surface area (Å²) in [6.45, 7) is 2.01. The number of rotatable bonds is 4. The molecule has 0 aromatic heterocycles. The standard InChI is InChI=1S/C16H14Cl2O/c1-11-4-2-3-5-12(11)8-15(19)9-13-6-7-14(17)10-16(13)18/h2-7,10H,8-9H2,1H3. The molecule has 0 heterocycles. The van der Waals surface area contributed by atoms with Crippen LogP contribution < -0.4 is 0 Å². The lowest BCUT2D eigenvalue weighted by Gasteiger charge is -2.06. The minimum atomic E-state index is 0.151. The number of Topliss-reactive ketones (excluding diaryl/α,β-unsaturated/α-hetero) is 1. The van der Waals surface area contributed by atoms with Gasteiger partial charge in [-0.15, -0.1) is 0 Å². The van der Waals surface area contributed by atoms with Crippen LogP contribution in [0.4, 0.5) is 0 Å². The molecule has 0 fully saturated rings. The number of benzene rings is 2. The molecule has 0 saturated heterocycles. The highest BCUT2D eigenvalue weighted by atomic mass is 35.5. The summed E-state index contributed by atoms with van der Waals surface area (Å²) in [7, 11) is 0. The molecule has 0 saturated carbocycles. The van der Waals surface area contributed by atoms with E-state index in [1.54, 1.807) is 18.2 Å². The highest BCUT2D eigenvalue weighted by molar-refractivity contribution is 6.35. The van der Waals surface area contributed by atoms with Crippen LogP contribution in [-0.2, 0) is 17.6 Å². The van der Waals surface area contributed by atoms with Gasteiger partial charge in [-0.05, 0) is 35.7 Å². The molecule has 0 bridgehead atoms. The molecule has 98 valence electrons. The minimum Gasteiger partial charge on any atom is -0.299 e. The van der Waals surface area contributed by atoms with Gasteiger partial charge in [-0.1, -0.05) is 53.5 Å². The summed E-state index contributed by atoms with van der Waals surface area (Å²) in [6, 6.07) is 13.1. The number of halogens is 2. The van der Waals surface area contributed by atoms with E-state index in [9.17, 15) is 4.79 Å². The van der Waals surface area contributed by atoms with Gasteiger partial charge in [0.1, 0.15) is 5.78 Å². The maximum Gasteiger partial charge on any atom is 0.141 e. The summed E-state index contributed by atoms with van der Waals surface area (Å²) >= 11 is 11.9. The summed E-state index contributed by atoms with van der Waals surface area (Å²) < 4.78 is 0. The van der Waals surface area contributed by atoms with Crippen LogP contribution in [0.2, 0.25) is 10.0 Å². The normalized spacial score (nSPS) is 10.5. The Morgan fingerprint density at radius 3 is 2.37 bits per heavy atom. The first-order valence-corrected chi connectivity index (χ1v) is 6.82. The van der Waals surface area contributed by atoms with Crippen molar-refractivity contribution in [3.8, 4) is 0 Å². The maximum atomic E-state index is 12.1. The Labute approximate surface area is 123 Å². The Morgan fingerprint density at radius 1 is 1.00 bits per heavy atom. The fourth-order valence-electron chi connectivity index (χ4n) is 1.96. The quantitative estimate of drug-likeness (QED) is 0.801. The molecule has 2 aromatic carbocycles. The average Bonchev–Trinajstić information content (AvgIpc) is 2.36. The van der Waals surface area contributed by atoms with Gasteiger partial charge in [0.2, 0.25) is 0 Å². The molecular formula is C16H14Cl2O. The molecule has 0 amide bonds. The van der Waals surface area contributed by atoms with E-state index in [1.165, 1.54) is 0 Å². The molecule has 0 atom stereocenters. The van der Waals surface area contributed by atoms with E-state index in [2.05, 4.69) is 0 Å². The van der Waals surface area contributed by atoms with Gasteiger partial charge in [0, 0.05) is 22.9 Å². The number of hydrogen-bond acceptors (Lipinski definition) is 1. The van der Waals surface area contributed by atoms with Crippen LogP contribution in [-0.4, -0.2) is 5.78 Å². The van der Waals surface area contributed by atoms with Gasteiger partial charge < -0.3 is 0 Å². The van der Waals surface area contributed by atoms with Crippen LogP contribution in [0, 0.1) is 6.92 Å². The number of hydrogen-bond donors (Lipinski definition) is 0. The second-order valence-corrected chi connectivity index (χ2v) is 5.40. The van der Waals surface area contributed by atoms with Crippen LogP contribution in [0.25, 0.3) is 0 Å². The van der Waals surface area contributed by atoms with Crippen molar-refractivity contribution >= 4 is 29.0 Å². The van der Waals surface area contributed by atoms with Gasteiger partial charge in [-0.2, -0.15) is 0 Å². The smallest absolute Gasteiger partial charge is 0.141 e. The molecule has 0 aliphatic heterocycles. The Morgan fingerprint density at radius 2 is 1.68 bits per heavy atom. The van der Waals surface area contributed by atoms with Crippen LogP contribution >= 0.6 is 23.2 Å². The van der Waals surface area contributed by atoms with Crippen molar-refractivity contribution < 1.29 is 4.79 Å². The SMILES string of the molecule is Cc1ccccc1CC(=O)Cc1ccc(Cl)cc1Cl. The lowest BCUT2D eigenvalue weighted by molar-refractivity contribution is -0.117. The molecule has 2 rings (SSSR count). The summed E-state index contributed by atoms with van der Waals surface area (Å²) in [4.78, 5) is 12.1. The van der Waals surface area contributed by atoms with Crippen LogP contribution in [0.3, 0.4) is 0 Å². The third-order valence-electron chi connectivity index (χ3n) is 3.05. The Kier molecular flexibility index (Phi) is 4.62. The second-order valence-electron chi connectivity index (χ2n) is 4.55. The van der Waals surface area contributed by atoms with E-state index in [0.29, 0.717) is 22.9 Å². The molecule has 2 aromatic rings. The van der Waals surface area contributed by atoms with E-state index in [4.69, 9.17) is 23.2 Å². The van der Waals surface area contributed by atoms with E-state index in [-0.39, 0.29) is 5.78 Å². The summed E-state index contributed by atoms with van der Waals surface area (Å²) in [5, 5.41) is 1.13. The summed E-state index contributed by atoms with van der Waals surface area (Å²) in [5.74, 6) is 0.151. The summed E-state index contributed by atoms with van der Waals surface area (Å²) in [6.07, 6.45) is 0.774. The van der Waals surface area contributed by atoms with Gasteiger partial charge in [-0.25, -0.2) is 0 Å². The predicted molar refractivity (Wildman–Crippen MR) is 80.1 cm³/mol. The van der Waals surface area contributed by atoms with Crippen molar-refractivity contribution in [2.24, 2.45) is 0 Å². The molecule has 0 radical (unpaired) electrons. The number of aryl methyl sites for hydroxylation is 1. The zero-order valence-electron chi connectivity index (χ0n) is 10.6. The van der Waals surface area contributed by atoms with Gasteiger partial charge in [0.15, 0.2) is 0 Å². The Balaban J connectivity index is 2.08. The first kappa shape index (κ1) is 14.1. The van der Waals surface area contributed by atoms with Gasteiger partial charge in [0.05, 0.1) is 0 Å². The first-order valence-electron chi connectivity index (χ1n) is 6.06. The third kappa shape index (κ3) is 3.82. The number of carbonyl (C=O) groups is 1. The minimum absolute atomic E-state index is 0.151. The second kappa shape index (κ2) is 6.23. The van der Waals surface area contributed by atoms with Crippen LogP contribution in [0.1, 0.15) is 16.7 Å². The monoisotopic (exact) mass is 292 g/mol. The van der Waals surface area contributed by atoms with Crippen molar-refractivity contribution in [2.45, 2.75) is 19.8 Å². The van der Waals surface area contributed by atoms with Crippen molar-refractivity contribution in [2.75, 3.05) is 0 Å². The van der Waals surface area contributed by atoms with Gasteiger partial charge >= 0.3 is 0 Å². The molecule has 0 aliphatic rings. The van der Waals surface area contributed by atoms with E-state index in [1.807, 2.05) is 31.2 Å². The van der Waals surface area contributed by atoms with Crippen molar-refractivity contribution in [3.05, 3.63) is 69.2 Å². The molecule has 1 nitrogen and oxygen atoms in total. The van der Waals surface area contributed by atoms with Crippen molar-refractivity contribution in [3.63, 3.8) is 0 Å². The summed E-state index contributed by atoms with van der Waals surface area (Å²) in [5.41, 5.74) is 3.03. The third-order valence-corrected chi connectivity index (χ3v) is 3.64.